The van der Waals surface area contributed by atoms with Crippen LogP contribution in [0.2, 0.25) is 0 Å². The van der Waals surface area contributed by atoms with E-state index in [1.165, 1.54) is 0 Å². The molecule has 0 bridgehead atoms. The molecule has 0 aliphatic rings. The summed E-state index contributed by atoms with van der Waals surface area (Å²) >= 11 is 0. The van der Waals surface area contributed by atoms with Crippen LogP contribution in [0.3, 0.4) is 0 Å². The Hall–Kier alpha value is -1.21. The molecule has 0 unspecified atom stereocenters. The average molecular weight is 270 g/mol. The van der Waals surface area contributed by atoms with Crippen LogP contribution in [-0.2, 0) is 13.8 Å². The SMILES string of the molecule is CC(=O)Nc1c(F)ccc(S(=O)(=O)Cl)c1F. The summed E-state index contributed by atoms with van der Waals surface area (Å²) < 4.78 is 48.3. The largest absolute Gasteiger partial charge is 0.321 e. The Labute approximate surface area is 94.6 Å². The van der Waals surface area contributed by atoms with E-state index in [1.807, 2.05) is 5.32 Å². The van der Waals surface area contributed by atoms with Gasteiger partial charge < -0.3 is 5.32 Å². The van der Waals surface area contributed by atoms with Crippen molar-refractivity contribution in [3.8, 4) is 0 Å². The summed E-state index contributed by atoms with van der Waals surface area (Å²) in [5, 5.41) is 1.84. The van der Waals surface area contributed by atoms with Gasteiger partial charge in [-0.3, -0.25) is 4.79 Å². The van der Waals surface area contributed by atoms with Crippen LogP contribution in [-0.4, -0.2) is 14.3 Å². The van der Waals surface area contributed by atoms with E-state index in [0.29, 0.717) is 12.1 Å². The van der Waals surface area contributed by atoms with Crippen molar-refractivity contribution in [2.45, 2.75) is 11.8 Å². The van der Waals surface area contributed by atoms with Crippen LogP contribution in [0.4, 0.5) is 14.5 Å². The Kier molecular flexibility index (Phi) is 3.49. The lowest BCUT2D eigenvalue weighted by Gasteiger charge is -2.07. The van der Waals surface area contributed by atoms with E-state index in [4.69, 9.17) is 10.7 Å². The van der Waals surface area contributed by atoms with Crippen molar-refractivity contribution in [3.05, 3.63) is 23.8 Å². The fraction of sp³-hybridized carbons (Fsp3) is 0.125. The van der Waals surface area contributed by atoms with Gasteiger partial charge in [0, 0.05) is 17.6 Å². The fourth-order valence-corrected chi connectivity index (χ4v) is 1.92. The van der Waals surface area contributed by atoms with Gasteiger partial charge in [0.1, 0.15) is 16.4 Å². The molecule has 0 saturated heterocycles. The number of carbonyl (C=O) groups is 1. The monoisotopic (exact) mass is 269 g/mol. The second-order valence-electron chi connectivity index (χ2n) is 2.85. The third-order valence-electron chi connectivity index (χ3n) is 1.62. The molecule has 4 nitrogen and oxygen atoms in total. The van der Waals surface area contributed by atoms with Gasteiger partial charge in [0.2, 0.25) is 5.91 Å². The number of anilines is 1. The smallest absolute Gasteiger partial charge is 0.264 e. The van der Waals surface area contributed by atoms with Gasteiger partial charge in [-0.1, -0.05) is 0 Å². The van der Waals surface area contributed by atoms with E-state index in [2.05, 4.69) is 0 Å². The molecular weight excluding hydrogens is 264 g/mol. The highest BCUT2D eigenvalue weighted by Gasteiger charge is 2.22. The van der Waals surface area contributed by atoms with E-state index in [9.17, 15) is 22.0 Å². The Balaban J connectivity index is 3.44. The normalized spacial score (nSPS) is 11.2. The van der Waals surface area contributed by atoms with Gasteiger partial charge >= 0.3 is 0 Å². The lowest BCUT2D eigenvalue weighted by atomic mass is 10.3. The second kappa shape index (κ2) is 4.34. The van der Waals surface area contributed by atoms with Crippen LogP contribution < -0.4 is 5.32 Å². The van der Waals surface area contributed by atoms with Crippen molar-refractivity contribution in [1.82, 2.24) is 0 Å². The van der Waals surface area contributed by atoms with Gasteiger partial charge in [0.15, 0.2) is 5.82 Å². The fourth-order valence-electron chi connectivity index (χ4n) is 1.01. The van der Waals surface area contributed by atoms with Crippen LogP contribution in [0.15, 0.2) is 17.0 Å². The molecule has 1 aromatic rings. The molecule has 1 rings (SSSR count). The second-order valence-corrected chi connectivity index (χ2v) is 5.39. The van der Waals surface area contributed by atoms with E-state index >= 15 is 0 Å². The van der Waals surface area contributed by atoms with Crippen molar-refractivity contribution in [2.75, 3.05) is 5.32 Å². The summed E-state index contributed by atoms with van der Waals surface area (Å²) in [6.07, 6.45) is 0. The number of benzene rings is 1. The zero-order valence-corrected chi connectivity index (χ0v) is 9.49. The van der Waals surface area contributed by atoms with Crippen LogP contribution in [0.25, 0.3) is 0 Å². The minimum atomic E-state index is -4.33. The number of halogens is 3. The minimum absolute atomic E-state index is 0.679. The molecule has 0 atom stereocenters. The van der Waals surface area contributed by atoms with Gasteiger partial charge in [-0.05, 0) is 12.1 Å². The third-order valence-corrected chi connectivity index (χ3v) is 2.96. The molecule has 0 aliphatic carbocycles. The van der Waals surface area contributed by atoms with E-state index in [0.717, 1.165) is 6.92 Å². The molecule has 0 fully saturated rings. The highest BCUT2D eigenvalue weighted by Crippen LogP contribution is 2.27. The van der Waals surface area contributed by atoms with Crippen molar-refractivity contribution in [1.29, 1.82) is 0 Å². The maximum absolute atomic E-state index is 13.5. The molecule has 8 heteroatoms. The summed E-state index contributed by atoms with van der Waals surface area (Å²) in [6.45, 7) is 1.03. The molecule has 1 amide bonds. The van der Waals surface area contributed by atoms with Crippen LogP contribution >= 0.6 is 10.7 Å². The molecule has 0 aromatic heterocycles. The summed E-state index contributed by atoms with van der Waals surface area (Å²) in [5.41, 5.74) is -0.839. The molecule has 0 spiro atoms. The van der Waals surface area contributed by atoms with E-state index in [-0.39, 0.29) is 0 Å². The highest BCUT2D eigenvalue weighted by atomic mass is 35.7. The third kappa shape index (κ3) is 2.67. The van der Waals surface area contributed by atoms with Gasteiger partial charge in [0.25, 0.3) is 9.05 Å². The van der Waals surface area contributed by atoms with Crippen LogP contribution in [0, 0.1) is 11.6 Å². The standard InChI is InChI=1S/C8H6ClF2NO3S/c1-4(13)12-8-5(10)2-3-6(7(8)11)16(9,14)15/h2-3H,1H3,(H,12,13). The van der Waals surface area contributed by atoms with Crippen molar-refractivity contribution < 1.29 is 22.0 Å². The van der Waals surface area contributed by atoms with Gasteiger partial charge in [0.05, 0.1) is 0 Å². The van der Waals surface area contributed by atoms with Gasteiger partial charge in [-0.15, -0.1) is 0 Å². The average Bonchev–Trinajstić information content (AvgIpc) is 2.09. The number of nitrogens with one attached hydrogen (secondary N) is 1. The summed E-state index contributed by atoms with van der Waals surface area (Å²) in [6, 6.07) is 1.38. The van der Waals surface area contributed by atoms with E-state index < -0.39 is 37.2 Å². The first-order valence-electron chi connectivity index (χ1n) is 3.93. The first-order chi connectivity index (χ1) is 7.23. The van der Waals surface area contributed by atoms with E-state index in [1.54, 1.807) is 0 Å². The predicted octanol–water partition coefficient (Wildman–Crippen LogP) is 1.85. The lowest BCUT2D eigenvalue weighted by Crippen LogP contribution is -2.11. The molecule has 0 heterocycles. The molecular formula is C8H6ClF2NO3S. The Bertz CT molecular complexity index is 544. The van der Waals surface area contributed by atoms with Crippen molar-refractivity contribution >= 4 is 31.3 Å². The molecule has 1 N–H and O–H groups in total. The molecule has 1 aromatic carbocycles. The number of amides is 1. The summed E-state index contributed by atoms with van der Waals surface area (Å²) in [7, 11) is 0.592. The van der Waals surface area contributed by atoms with Crippen LogP contribution in [0.1, 0.15) is 6.92 Å². The Morgan fingerprint density at radius 2 is 1.94 bits per heavy atom. The molecule has 16 heavy (non-hydrogen) atoms. The Morgan fingerprint density at radius 3 is 2.38 bits per heavy atom. The van der Waals surface area contributed by atoms with Crippen molar-refractivity contribution in [3.63, 3.8) is 0 Å². The zero-order chi connectivity index (χ0) is 12.5. The summed E-state index contributed by atoms with van der Waals surface area (Å²) in [5.74, 6) is -3.25. The van der Waals surface area contributed by atoms with Crippen LogP contribution in [0.5, 0.6) is 0 Å². The van der Waals surface area contributed by atoms with Gasteiger partial charge in [-0.2, -0.15) is 0 Å². The first kappa shape index (κ1) is 12.9. The molecule has 0 radical (unpaired) electrons. The molecule has 0 saturated carbocycles. The van der Waals surface area contributed by atoms with Crippen molar-refractivity contribution in [2.24, 2.45) is 0 Å². The highest BCUT2D eigenvalue weighted by molar-refractivity contribution is 8.13. The number of hydrogen-bond acceptors (Lipinski definition) is 3. The Morgan fingerprint density at radius 1 is 1.38 bits per heavy atom. The maximum Gasteiger partial charge on any atom is 0.264 e. The number of rotatable bonds is 2. The molecule has 0 aliphatic heterocycles. The van der Waals surface area contributed by atoms with Gasteiger partial charge in [-0.25, -0.2) is 17.2 Å². The number of hydrogen-bond donors (Lipinski definition) is 1. The quantitative estimate of drug-likeness (QED) is 0.834. The predicted molar refractivity (Wildman–Crippen MR) is 53.7 cm³/mol. The number of carbonyl (C=O) groups excluding carboxylic acids is 1. The molecule has 88 valence electrons. The maximum atomic E-state index is 13.5. The first-order valence-corrected chi connectivity index (χ1v) is 6.24. The minimum Gasteiger partial charge on any atom is -0.321 e. The lowest BCUT2D eigenvalue weighted by molar-refractivity contribution is -0.114. The topological polar surface area (TPSA) is 63.2 Å². The summed E-state index contributed by atoms with van der Waals surface area (Å²) in [4.78, 5) is 9.76. The zero-order valence-electron chi connectivity index (χ0n) is 7.92.